The molecule has 16 heteroatoms. The summed E-state index contributed by atoms with van der Waals surface area (Å²) in [6.07, 6.45) is 3.83. The van der Waals surface area contributed by atoms with Crippen molar-refractivity contribution < 1.29 is 16.8 Å². The minimum absolute atomic E-state index is 0.0850. The summed E-state index contributed by atoms with van der Waals surface area (Å²) in [6, 6.07) is 27.7. The zero-order valence-electron chi connectivity index (χ0n) is 26.6. The smallest absolute Gasteiger partial charge is 0.238 e. The molecule has 0 aliphatic rings. The third-order valence-corrected chi connectivity index (χ3v) is 11.3. The molecule has 0 aliphatic heterocycles. The van der Waals surface area contributed by atoms with Gasteiger partial charge in [-0.1, -0.05) is 60.7 Å². The zero-order chi connectivity index (χ0) is 35.8. The quantitative estimate of drug-likeness (QED) is 0.0638. The number of rotatable bonds is 9. The van der Waals surface area contributed by atoms with Gasteiger partial charge in [0.1, 0.15) is 11.4 Å². The molecule has 8 N–H and O–H groups in total. The summed E-state index contributed by atoms with van der Waals surface area (Å²) in [5.74, 6) is 0. The first-order valence-electron chi connectivity index (χ1n) is 14.7. The van der Waals surface area contributed by atoms with Gasteiger partial charge in [0.15, 0.2) is 0 Å². The Balaban J connectivity index is 1.32. The van der Waals surface area contributed by atoms with Crippen LogP contribution in [0.1, 0.15) is 0 Å². The van der Waals surface area contributed by atoms with Crippen molar-refractivity contribution in [3.05, 3.63) is 97.1 Å². The van der Waals surface area contributed by atoms with Gasteiger partial charge in [-0.05, 0) is 60.0 Å². The molecule has 0 amide bonds. The average molecular weight is 743 g/mol. The van der Waals surface area contributed by atoms with E-state index in [9.17, 15) is 16.8 Å². The van der Waals surface area contributed by atoms with Crippen LogP contribution in [0, 0.1) is 0 Å². The maximum atomic E-state index is 12.3. The van der Waals surface area contributed by atoms with Crippen LogP contribution in [0.5, 0.6) is 0 Å². The molecule has 0 spiro atoms. The van der Waals surface area contributed by atoms with Crippen LogP contribution in [0.3, 0.4) is 0 Å². The fourth-order valence-electron chi connectivity index (χ4n) is 5.43. The van der Waals surface area contributed by atoms with E-state index < -0.39 is 20.0 Å². The molecule has 0 saturated heterocycles. The van der Waals surface area contributed by atoms with Crippen molar-refractivity contribution in [1.82, 2.24) is 0 Å². The van der Waals surface area contributed by atoms with Crippen molar-refractivity contribution in [1.29, 1.82) is 0 Å². The minimum Gasteiger partial charge on any atom is -0.396 e. The third kappa shape index (κ3) is 6.94. The van der Waals surface area contributed by atoms with E-state index in [1.165, 1.54) is 35.7 Å². The van der Waals surface area contributed by atoms with E-state index in [2.05, 4.69) is 20.5 Å². The van der Waals surface area contributed by atoms with Gasteiger partial charge < -0.3 is 11.5 Å². The zero-order valence-corrected chi connectivity index (χ0v) is 29.9. The summed E-state index contributed by atoms with van der Waals surface area (Å²) >= 11 is 2.95. The van der Waals surface area contributed by atoms with E-state index in [1.54, 1.807) is 48.5 Å². The number of nitrogen functional groups attached to an aromatic ring is 2. The molecule has 0 heterocycles. The summed E-state index contributed by atoms with van der Waals surface area (Å²) in [5.41, 5.74) is 16.6. The molecule has 0 bridgehead atoms. The number of anilines is 2. The van der Waals surface area contributed by atoms with Crippen LogP contribution in [-0.2, 0) is 20.0 Å². The molecule has 0 aromatic heterocycles. The Morgan fingerprint density at radius 3 is 1.16 bits per heavy atom. The molecule has 0 saturated carbocycles. The minimum atomic E-state index is -4.05. The molecule has 6 aromatic rings. The van der Waals surface area contributed by atoms with Crippen LogP contribution in [0.4, 0.5) is 34.1 Å². The van der Waals surface area contributed by atoms with Crippen molar-refractivity contribution in [2.24, 2.45) is 30.7 Å². The lowest BCUT2D eigenvalue weighted by molar-refractivity contribution is 0.597. The van der Waals surface area contributed by atoms with E-state index in [0.717, 1.165) is 20.9 Å². The van der Waals surface area contributed by atoms with Gasteiger partial charge in [0.05, 0.1) is 32.5 Å². The Hall–Kier alpha value is -4.84. The summed E-state index contributed by atoms with van der Waals surface area (Å²) < 4.78 is 49.4. The van der Waals surface area contributed by atoms with Gasteiger partial charge in [-0.3, -0.25) is 0 Å². The fraction of sp³-hybridized carbons (Fsp3) is 0.0588. The van der Waals surface area contributed by atoms with Gasteiger partial charge in [0.25, 0.3) is 0 Å². The van der Waals surface area contributed by atoms with Crippen molar-refractivity contribution >= 4 is 99.2 Å². The van der Waals surface area contributed by atoms with Gasteiger partial charge in [-0.25, -0.2) is 27.1 Å². The van der Waals surface area contributed by atoms with Crippen molar-refractivity contribution in [2.75, 3.05) is 24.0 Å². The normalized spacial score (nSPS) is 12.5. The van der Waals surface area contributed by atoms with Gasteiger partial charge >= 0.3 is 0 Å². The maximum absolute atomic E-state index is 12.3. The molecular formula is C34H30N8O4S4. The lowest BCUT2D eigenvalue weighted by Crippen LogP contribution is -2.13. The maximum Gasteiger partial charge on any atom is 0.238 e. The number of azo groups is 2. The fourth-order valence-corrected chi connectivity index (χ4v) is 8.08. The van der Waals surface area contributed by atoms with Crippen molar-refractivity contribution in [3.63, 3.8) is 0 Å². The highest BCUT2D eigenvalue weighted by Crippen LogP contribution is 2.41. The number of thioether (sulfide) groups is 2. The first kappa shape index (κ1) is 35.0. The van der Waals surface area contributed by atoms with Gasteiger partial charge in [-0.15, -0.1) is 44.0 Å². The predicted octanol–water partition coefficient (Wildman–Crippen LogP) is 8.39. The van der Waals surface area contributed by atoms with Crippen LogP contribution in [-0.4, -0.2) is 29.3 Å². The standard InChI is InChI=1S/C34H30N8O4S4/c1-47-29-15-19(11-13-25(29)39-41-27-17-31(49(37,43)44)21-7-3-5-9-23(21)33(27)35)20-12-14-26(30(16-20)48-2)40-42-28-18-32(50(38,45)46)22-8-4-6-10-24(22)34(28)36/h3-18H,35-36H2,1-2H3,(H2,37,43,44)(H2,38,45,46). The molecule has 0 radical (unpaired) electrons. The van der Waals surface area contributed by atoms with Gasteiger partial charge in [0, 0.05) is 31.3 Å². The average Bonchev–Trinajstić information content (AvgIpc) is 3.10. The lowest BCUT2D eigenvalue weighted by Gasteiger charge is -2.11. The molecule has 254 valence electrons. The Kier molecular flexibility index (Phi) is 9.67. The van der Waals surface area contributed by atoms with E-state index >= 15 is 0 Å². The molecule has 50 heavy (non-hydrogen) atoms. The van der Waals surface area contributed by atoms with Crippen LogP contribution in [0.25, 0.3) is 32.7 Å². The Labute approximate surface area is 297 Å². The topological polar surface area (TPSA) is 222 Å². The second-order valence-corrected chi connectivity index (χ2v) is 15.7. The van der Waals surface area contributed by atoms with Crippen molar-refractivity contribution in [2.45, 2.75) is 19.6 Å². The third-order valence-electron chi connectivity index (χ3n) is 7.89. The Morgan fingerprint density at radius 2 is 0.820 bits per heavy atom. The monoisotopic (exact) mass is 742 g/mol. The number of primary sulfonamides is 2. The number of nitrogens with two attached hydrogens (primary N) is 4. The number of hydrogen-bond donors (Lipinski definition) is 4. The molecule has 0 fully saturated rings. The predicted molar refractivity (Wildman–Crippen MR) is 203 cm³/mol. The molecule has 0 aliphatic carbocycles. The second-order valence-electron chi connectivity index (χ2n) is 11.0. The summed E-state index contributed by atoms with van der Waals surface area (Å²) in [5, 5.41) is 30.3. The second kappa shape index (κ2) is 13.8. The summed E-state index contributed by atoms with van der Waals surface area (Å²) in [6.45, 7) is 0. The highest BCUT2D eigenvalue weighted by molar-refractivity contribution is 7.99. The van der Waals surface area contributed by atoms with E-state index in [0.29, 0.717) is 32.9 Å². The van der Waals surface area contributed by atoms with Gasteiger partial charge in [0.2, 0.25) is 20.0 Å². The Morgan fingerprint density at radius 1 is 0.480 bits per heavy atom. The number of sulfonamides is 2. The highest BCUT2D eigenvalue weighted by atomic mass is 32.2. The molecular weight excluding hydrogens is 713 g/mol. The number of hydrogen-bond acceptors (Lipinski definition) is 12. The van der Waals surface area contributed by atoms with Crippen LogP contribution < -0.4 is 21.7 Å². The molecule has 0 atom stereocenters. The number of fused-ring (bicyclic) bond motifs is 2. The lowest BCUT2D eigenvalue weighted by atomic mass is 10.0. The van der Waals surface area contributed by atoms with E-state index in [4.69, 9.17) is 21.7 Å². The Bertz CT molecular complexity index is 2430. The first-order chi connectivity index (χ1) is 23.8. The SMILES string of the molecule is CSc1cc(-c2ccc(N=Nc3cc(S(N)(=O)=O)c4ccccc4c3N)c(SC)c2)ccc1N=Nc1cc(S(N)(=O)=O)c2ccccc2c1N. The molecule has 12 nitrogen and oxygen atoms in total. The molecule has 6 aromatic carbocycles. The van der Waals surface area contributed by atoms with Crippen LogP contribution in [0.15, 0.2) is 137 Å². The number of nitrogens with zero attached hydrogens (tertiary/aromatic N) is 4. The van der Waals surface area contributed by atoms with Crippen LogP contribution >= 0.6 is 23.5 Å². The van der Waals surface area contributed by atoms with Crippen LogP contribution in [0.2, 0.25) is 0 Å². The summed E-state index contributed by atoms with van der Waals surface area (Å²) in [4.78, 5) is 1.48. The van der Waals surface area contributed by atoms with Gasteiger partial charge in [-0.2, -0.15) is 0 Å². The molecule has 0 unspecified atom stereocenters. The van der Waals surface area contributed by atoms with E-state index in [1.807, 2.05) is 48.9 Å². The highest BCUT2D eigenvalue weighted by Gasteiger charge is 2.19. The molecule has 6 rings (SSSR count). The van der Waals surface area contributed by atoms with Crippen molar-refractivity contribution in [3.8, 4) is 11.1 Å². The number of benzene rings is 6. The largest absolute Gasteiger partial charge is 0.396 e. The first-order valence-corrected chi connectivity index (χ1v) is 20.2. The van der Waals surface area contributed by atoms with E-state index in [-0.39, 0.29) is 32.5 Å². The summed E-state index contributed by atoms with van der Waals surface area (Å²) in [7, 11) is -8.11.